The normalized spacial score (nSPS) is 10.4. The third-order valence-electron chi connectivity index (χ3n) is 3.37. The van der Waals surface area contributed by atoms with E-state index in [1.807, 2.05) is 37.4 Å². The molecular weight excluding hydrogens is 250 g/mol. The largest absolute Gasteiger partial charge is 0.396 e. The van der Waals surface area contributed by atoms with Crippen LogP contribution in [0, 0.1) is 11.3 Å². The monoisotopic (exact) mass is 269 g/mol. The fourth-order valence-electron chi connectivity index (χ4n) is 2.20. The van der Waals surface area contributed by atoms with E-state index in [-0.39, 0.29) is 6.61 Å². The number of aliphatic hydroxyl groups excluding tert-OH is 1. The molecule has 2 aromatic rings. The second-order valence-electron chi connectivity index (χ2n) is 4.86. The predicted octanol–water partition coefficient (Wildman–Crippen LogP) is 2.71. The molecule has 1 aromatic carbocycles. The summed E-state index contributed by atoms with van der Waals surface area (Å²) < 4.78 is 0. The molecule has 0 atom stereocenters. The summed E-state index contributed by atoms with van der Waals surface area (Å²) in [5, 5.41) is 18.9. The van der Waals surface area contributed by atoms with E-state index in [1.165, 1.54) is 0 Å². The molecule has 0 radical (unpaired) electrons. The summed E-state index contributed by atoms with van der Waals surface area (Å²) in [6.45, 7) is 1.12. The van der Waals surface area contributed by atoms with Gasteiger partial charge in [0, 0.05) is 25.6 Å². The Morgan fingerprint density at radius 2 is 2.05 bits per heavy atom. The first-order chi connectivity index (χ1) is 9.76. The maximum atomic E-state index is 9.26. The molecular formula is C16H19N3O. The lowest BCUT2D eigenvalue weighted by molar-refractivity contribution is 0.283. The number of pyridine rings is 1. The van der Waals surface area contributed by atoms with E-state index in [9.17, 15) is 5.26 Å². The van der Waals surface area contributed by atoms with E-state index < -0.39 is 0 Å². The van der Waals surface area contributed by atoms with Crippen LogP contribution >= 0.6 is 0 Å². The quantitative estimate of drug-likeness (QED) is 0.819. The molecule has 0 unspecified atom stereocenters. The van der Waals surface area contributed by atoms with Crippen molar-refractivity contribution in [3.8, 4) is 6.07 Å². The van der Waals surface area contributed by atoms with Crippen LogP contribution in [0.15, 0.2) is 30.3 Å². The summed E-state index contributed by atoms with van der Waals surface area (Å²) >= 11 is 0. The van der Waals surface area contributed by atoms with Gasteiger partial charge in [-0.1, -0.05) is 18.2 Å². The molecule has 1 aromatic heterocycles. The number of nitrogens with zero attached hydrogens (tertiary/aromatic N) is 3. The number of hydrogen-bond acceptors (Lipinski definition) is 4. The molecule has 0 aliphatic rings. The molecule has 0 saturated heterocycles. The van der Waals surface area contributed by atoms with Gasteiger partial charge in [-0.2, -0.15) is 5.26 Å². The van der Waals surface area contributed by atoms with Gasteiger partial charge in [0.05, 0.1) is 17.1 Å². The molecule has 0 aliphatic carbocycles. The number of aromatic nitrogens is 1. The van der Waals surface area contributed by atoms with Gasteiger partial charge in [0.25, 0.3) is 0 Å². The Bertz CT molecular complexity index is 619. The number of rotatable bonds is 6. The Hall–Kier alpha value is -2.12. The predicted molar refractivity (Wildman–Crippen MR) is 80.7 cm³/mol. The molecule has 2 rings (SSSR count). The second kappa shape index (κ2) is 6.88. The third kappa shape index (κ3) is 3.25. The highest BCUT2D eigenvalue weighted by Crippen LogP contribution is 2.22. The Morgan fingerprint density at radius 3 is 2.80 bits per heavy atom. The number of aliphatic hydroxyl groups is 1. The van der Waals surface area contributed by atoms with Crippen LogP contribution in [-0.2, 0) is 0 Å². The van der Waals surface area contributed by atoms with Crippen molar-refractivity contribution in [3.05, 3.63) is 35.9 Å². The summed E-state index contributed by atoms with van der Waals surface area (Å²) in [6.07, 6.45) is 2.84. The number of unbranched alkanes of at least 4 members (excludes halogenated alkanes) is 2. The minimum absolute atomic E-state index is 0.247. The summed E-state index contributed by atoms with van der Waals surface area (Å²) in [6, 6.07) is 11.8. The number of anilines is 1. The first-order valence-corrected chi connectivity index (χ1v) is 6.88. The minimum atomic E-state index is 0.247. The van der Waals surface area contributed by atoms with E-state index in [0.29, 0.717) is 5.56 Å². The van der Waals surface area contributed by atoms with Crippen LogP contribution in [0.25, 0.3) is 10.9 Å². The first-order valence-electron chi connectivity index (χ1n) is 6.88. The van der Waals surface area contributed by atoms with Crippen molar-refractivity contribution in [2.45, 2.75) is 19.3 Å². The Morgan fingerprint density at radius 1 is 1.25 bits per heavy atom. The topological polar surface area (TPSA) is 60.1 Å². The van der Waals surface area contributed by atoms with Crippen LogP contribution < -0.4 is 4.90 Å². The molecule has 0 aliphatic heterocycles. The zero-order valence-corrected chi connectivity index (χ0v) is 11.7. The average Bonchev–Trinajstić information content (AvgIpc) is 2.50. The molecule has 4 nitrogen and oxygen atoms in total. The number of fused-ring (bicyclic) bond motifs is 1. The van der Waals surface area contributed by atoms with Crippen LogP contribution in [0.3, 0.4) is 0 Å². The van der Waals surface area contributed by atoms with E-state index in [4.69, 9.17) is 5.11 Å². The molecule has 4 heteroatoms. The van der Waals surface area contributed by atoms with Gasteiger partial charge in [0.15, 0.2) is 0 Å². The maximum Gasteiger partial charge on any atom is 0.130 e. The fourth-order valence-corrected chi connectivity index (χ4v) is 2.20. The molecule has 1 heterocycles. The zero-order chi connectivity index (χ0) is 14.4. The molecule has 0 bridgehead atoms. The van der Waals surface area contributed by atoms with Crippen molar-refractivity contribution in [1.29, 1.82) is 5.26 Å². The molecule has 1 N–H and O–H groups in total. The highest BCUT2D eigenvalue weighted by molar-refractivity contribution is 5.86. The highest BCUT2D eigenvalue weighted by atomic mass is 16.2. The molecule has 20 heavy (non-hydrogen) atoms. The average molecular weight is 269 g/mol. The van der Waals surface area contributed by atoms with E-state index in [2.05, 4.69) is 16.0 Å². The van der Waals surface area contributed by atoms with Gasteiger partial charge in [-0.3, -0.25) is 0 Å². The SMILES string of the molecule is CN(CCCCCO)c1cc(C#N)c2ccccc2n1. The molecule has 0 spiro atoms. The minimum Gasteiger partial charge on any atom is -0.396 e. The molecule has 0 fully saturated rings. The molecule has 0 saturated carbocycles. The van der Waals surface area contributed by atoms with Gasteiger partial charge in [-0.05, 0) is 31.4 Å². The van der Waals surface area contributed by atoms with Crippen molar-refractivity contribution in [2.24, 2.45) is 0 Å². The van der Waals surface area contributed by atoms with Crippen molar-refractivity contribution < 1.29 is 5.11 Å². The number of hydrogen-bond donors (Lipinski definition) is 1. The van der Waals surface area contributed by atoms with E-state index >= 15 is 0 Å². The van der Waals surface area contributed by atoms with Gasteiger partial charge in [0.2, 0.25) is 0 Å². The van der Waals surface area contributed by atoms with Crippen molar-refractivity contribution in [2.75, 3.05) is 25.1 Å². The third-order valence-corrected chi connectivity index (χ3v) is 3.37. The standard InChI is InChI=1S/C16H19N3O/c1-19(9-5-2-6-10-20)16-11-13(12-17)14-7-3-4-8-15(14)18-16/h3-4,7-8,11,20H,2,5-6,9-10H2,1H3. The Balaban J connectivity index is 2.20. The Labute approximate surface area is 119 Å². The van der Waals surface area contributed by atoms with E-state index in [0.717, 1.165) is 42.5 Å². The van der Waals surface area contributed by atoms with Gasteiger partial charge in [-0.25, -0.2) is 4.98 Å². The lowest BCUT2D eigenvalue weighted by Crippen LogP contribution is -2.20. The van der Waals surface area contributed by atoms with Gasteiger partial charge < -0.3 is 10.0 Å². The maximum absolute atomic E-state index is 9.26. The number of benzene rings is 1. The number of para-hydroxylation sites is 1. The second-order valence-corrected chi connectivity index (χ2v) is 4.86. The summed E-state index contributed by atoms with van der Waals surface area (Å²) in [5.74, 6) is 0.823. The number of nitriles is 1. The Kier molecular flexibility index (Phi) is 4.91. The first kappa shape index (κ1) is 14.3. The van der Waals surface area contributed by atoms with Crippen LogP contribution in [-0.4, -0.2) is 30.3 Å². The lowest BCUT2D eigenvalue weighted by atomic mass is 10.1. The van der Waals surface area contributed by atoms with Gasteiger partial charge in [-0.15, -0.1) is 0 Å². The van der Waals surface area contributed by atoms with Crippen LogP contribution in [0.4, 0.5) is 5.82 Å². The van der Waals surface area contributed by atoms with Crippen LogP contribution in [0.2, 0.25) is 0 Å². The fraction of sp³-hybridized carbons (Fsp3) is 0.375. The van der Waals surface area contributed by atoms with Crippen molar-refractivity contribution >= 4 is 16.7 Å². The van der Waals surface area contributed by atoms with E-state index in [1.54, 1.807) is 0 Å². The zero-order valence-electron chi connectivity index (χ0n) is 11.7. The van der Waals surface area contributed by atoms with Crippen LogP contribution in [0.5, 0.6) is 0 Å². The smallest absolute Gasteiger partial charge is 0.130 e. The van der Waals surface area contributed by atoms with Gasteiger partial charge in [0.1, 0.15) is 5.82 Å². The van der Waals surface area contributed by atoms with Gasteiger partial charge >= 0.3 is 0 Å². The molecule has 0 amide bonds. The van der Waals surface area contributed by atoms with Crippen LogP contribution in [0.1, 0.15) is 24.8 Å². The summed E-state index contributed by atoms with van der Waals surface area (Å²) in [7, 11) is 1.98. The highest BCUT2D eigenvalue weighted by Gasteiger charge is 2.08. The van der Waals surface area contributed by atoms with Crippen molar-refractivity contribution in [1.82, 2.24) is 4.98 Å². The summed E-state index contributed by atoms with van der Waals surface area (Å²) in [4.78, 5) is 6.67. The lowest BCUT2D eigenvalue weighted by Gasteiger charge is -2.19. The molecule has 104 valence electrons. The van der Waals surface area contributed by atoms with Crippen molar-refractivity contribution in [3.63, 3.8) is 0 Å². The summed E-state index contributed by atoms with van der Waals surface area (Å²) in [5.41, 5.74) is 1.51.